The van der Waals surface area contributed by atoms with Gasteiger partial charge in [0.25, 0.3) is 5.56 Å². The Morgan fingerprint density at radius 1 is 1.35 bits per heavy atom. The standard InChI is InChI=1S/C15H18FN5O2/c16-10-5-6-13-12(9-10)14(22)21(20-19-13)8-7-17-15(23)18-11-3-1-2-4-11/h5-6,9,11H,1-4,7-8H2,(H2,17,18,23). The quantitative estimate of drug-likeness (QED) is 0.885. The van der Waals surface area contributed by atoms with E-state index in [1.807, 2.05) is 0 Å². The third-order valence-corrected chi connectivity index (χ3v) is 3.98. The van der Waals surface area contributed by atoms with Gasteiger partial charge in [0.05, 0.1) is 11.9 Å². The van der Waals surface area contributed by atoms with Crippen LogP contribution in [0.4, 0.5) is 9.18 Å². The molecular weight excluding hydrogens is 301 g/mol. The highest BCUT2D eigenvalue weighted by Crippen LogP contribution is 2.17. The fourth-order valence-electron chi connectivity index (χ4n) is 2.78. The van der Waals surface area contributed by atoms with Gasteiger partial charge in [0.1, 0.15) is 11.3 Å². The summed E-state index contributed by atoms with van der Waals surface area (Å²) >= 11 is 0. The minimum atomic E-state index is -0.497. The largest absolute Gasteiger partial charge is 0.336 e. The van der Waals surface area contributed by atoms with Crippen LogP contribution in [0.3, 0.4) is 0 Å². The first-order chi connectivity index (χ1) is 11.1. The molecule has 1 saturated carbocycles. The number of fused-ring (bicyclic) bond motifs is 1. The van der Waals surface area contributed by atoms with Crippen molar-refractivity contribution in [3.8, 4) is 0 Å². The number of aromatic nitrogens is 3. The van der Waals surface area contributed by atoms with E-state index in [2.05, 4.69) is 20.9 Å². The Morgan fingerprint density at radius 3 is 2.91 bits per heavy atom. The van der Waals surface area contributed by atoms with Gasteiger partial charge in [0.15, 0.2) is 0 Å². The average Bonchev–Trinajstić information content (AvgIpc) is 3.03. The Labute approximate surface area is 131 Å². The minimum absolute atomic E-state index is 0.176. The van der Waals surface area contributed by atoms with Crippen molar-refractivity contribution >= 4 is 16.9 Å². The van der Waals surface area contributed by atoms with Crippen molar-refractivity contribution in [2.45, 2.75) is 38.3 Å². The number of urea groups is 1. The molecule has 1 aromatic carbocycles. The SMILES string of the molecule is O=C(NCCn1nnc2ccc(F)cc2c1=O)NC1CCCC1. The predicted octanol–water partition coefficient (Wildman–Crippen LogP) is 1.17. The van der Waals surface area contributed by atoms with E-state index in [9.17, 15) is 14.0 Å². The van der Waals surface area contributed by atoms with Crippen molar-refractivity contribution in [3.05, 3.63) is 34.4 Å². The predicted molar refractivity (Wildman–Crippen MR) is 82.5 cm³/mol. The van der Waals surface area contributed by atoms with Crippen LogP contribution in [-0.2, 0) is 6.54 Å². The second-order valence-electron chi connectivity index (χ2n) is 5.66. The van der Waals surface area contributed by atoms with E-state index in [-0.39, 0.29) is 30.5 Å². The molecule has 7 nitrogen and oxygen atoms in total. The summed E-state index contributed by atoms with van der Waals surface area (Å²) in [4.78, 5) is 23.9. The van der Waals surface area contributed by atoms with Crippen LogP contribution >= 0.6 is 0 Å². The minimum Gasteiger partial charge on any atom is -0.336 e. The molecule has 122 valence electrons. The summed E-state index contributed by atoms with van der Waals surface area (Å²) in [7, 11) is 0. The molecular formula is C15H18FN5O2. The van der Waals surface area contributed by atoms with Gasteiger partial charge in [0.2, 0.25) is 0 Å². The summed E-state index contributed by atoms with van der Waals surface area (Å²) in [5.74, 6) is -0.497. The lowest BCUT2D eigenvalue weighted by Crippen LogP contribution is -2.42. The molecule has 0 aliphatic heterocycles. The zero-order valence-corrected chi connectivity index (χ0v) is 12.6. The van der Waals surface area contributed by atoms with Gasteiger partial charge in [-0.2, -0.15) is 0 Å². The van der Waals surface area contributed by atoms with Gasteiger partial charge in [-0.1, -0.05) is 18.1 Å². The number of carbonyl (C=O) groups is 1. The third-order valence-electron chi connectivity index (χ3n) is 3.98. The lowest BCUT2D eigenvalue weighted by molar-refractivity contribution is 0.236. The molecule has 0 atom stereocenters. The van der Waals surface area contributed by atoms with E-state index >= 15 is 0 Å². The molecule has 2 amide bonds. The molecule has 0 unspecified atom stereocenters. The van der Waals surface area contributed by atoms with Crippen molar-refractivity contribution in [2.24, 2.45) is 0 Å². The monoisotopic (exact) mass is 319 g/mol. The smallest absolute Gasteiger partial charge is 0.315 e. The second kappa shape index (κ2) is 6.72. The van der Waals surface area contributed by atoms with E-state index in [1.54, 1.807) is 0 Å². The van der Waals surface area contributed by atoms with Crippen LogP contribution in [0.15, 0.2) is 23.0 Å². The third kappa shape index (κ3) is 3.64. The first-order valence-electron chi connectivity index (χ1n) is 7.71. The fourth-order valence-corrected chi connectivity index (χ4v) is 2.78. The highest BCUT2D eigenvalue weighted by molar-refractivity contribution is 5.76. The van der Waals surface area contributed by atoms with Gasteiger partial charge in [-0.05, 0) is 31.0 Å². The summed E-state index contributed by atoms with van der Waals surface area (Å²) < 4.78 is 14.4. The van der Waals surface area contributed by atoms with Crippen LogP contribution in [0, 0.1) is 5.82 Å². The van der Waals surface area contributed by atoms with Crippen molar-refractivity contribution in [1.82, 2.24) is 25.6 Å². The average molecular weight is 319 g/mol. The van der Waals surface area contributed by atoms with E-state index in [4.69, 9.17) is 0 Å². The van der Waals surface area contributed by atoms with Crippen LogP contribution in [0.5, 0.6) is 0 Å². The molecule has 8 heteroatoms. The maximum Gasteiger partial charge on any atom is 0.315 e. The summed E-state index contributed by atoms with van der Waals surface area (Å²) in [5.41, 5.74) is -0.0768. The molecule has 1 fully saturated rings. The van der Waals surface area contributed by atoms with Gasteiger partial charge in [-0.25, -0.2) is 13.9 Å². The van der Waals surface area contributed by atoms with Gasteiger partial charge >= 0.3 is 6.03 Å². The van der Waals surface area contributed by atoms with Crippen LogP contribution < -0.4 is 16.2 Å². The zero-order chi connectivity index (χ0) is 16.2. The van der Waals surface area contributed by atoms with Crippen molar-refractivity contribution < 1.29 is 9.18 Å². The lowest BCUT2D eigenvalue weighted by Gasteiger charge is -2.13. The summed E-state index contributed by atoms with van der Waals surface area (Å²) in [6, 6.07) is 3.78. The number of amides is 2. The summed E-state index contributed by atoms with van der Waals surface area (Å²) in [5, 5.41) is 13.4. The van der Waals surface area contributed by atoms with E-state index in [0.717, 1.165) is 36.4 Å². The number of carbonyl (C=O) groups excluding carboxylic acids is 1. The molecule has 2 aromatic rings. The molecule has 2 N–H and O–H groups in total. The van der Waals surface area contributed by atoms with Crippen molar-refractivity contribution in [2.75, 3.05) is 6.54 Å². The molecule has 1 aliphatic carbocycles. The molecule has 1 aromatic heterocycles. The Kier molecular flexibility index (Phi) is 4.50. The molecule has 23 heavy (non-hydrogen) atoms. The summed E-state index contributed by atoms with van der Waals surface area (Å²) in [6.07, 6.45) is 4.30. The number of benzene rings is 1. The summed E-state index contributed by atoms with van der Waals surface area (Å²) in [6.45, 7) is 0.421. The van der Waals surface area contributed by atoms with Crippen molar-refractivity contribution in [3.63, 3.8) is 0 Å². The normalized spacial score (nSPS) is 15.0. The highest BCUT2D eigenvalue weighted by Gasteiger charge is 2.16. The van der Waals surface area contributed by atoms with E-state index in [0.29, 0.717) is 5.52 Å². The molecule has 0 saturated heterocycles. The molecule has 0 bridgehead atoms. The maximum absolute atomic E-state index is 13.2. The Hall–Kier alpha value is -2.51. The van der Waals surface area contributed by atoms with Gasteiger partial charge in [-0.15, -0.1) is 5.10 Å². The second-order valence-corrected chi connectivity index (χ2v) is 5.66. The lowest BCUT2D eigenvalue weighted by atomic mass is 10.2. The van der Waals surface area contributed by atoms with Crippen LogP contribution in [0.25, 0.3) is 10.9 Å². The van der Waals surface area contributed by atoms with Gasteiger partial charge < -0.3 is 10.6 Å². The number of hydrogen-bond donors (Lipinski definition) is 2. The number of rotatable bonds is 4. The van der Waals surface area contributed by atoms with Crippen LogP contribution in [-0.4, -0.2) is 33.6 Å². The van der Waals surface area contributed by atoms with Crippen LogP contribution in [0.1, 0.15) is 25.7 Å². The Balaban J connectivity index is 1.59. The van der Waals surface area contributed by atoms with E-state index in [1.165, 1.54) is 12.1 Å². The van der Waals surface area contributed by atoms with Gasteiger partial charge in [0, 0.05) is 12.6 Å². The first-order valence-corrected chi connectivity index (χ1v) is 7.71. The van der Waals surface area contributed by atoms with Crippen molar-refractivity contribution in [1.29, 1.82) is 0 Å². The zero-order valence-electron chi connectivity index (χ0n) is 12.6. The number of nitrogens with one attached hydrogen (secondary N) is 2. The Morgan fingerprint density at radius 2 is 2.13 bits per heavy atom. The molecule has 1 aliphatic rings. The molecule has 0 spiro atoms. The fraction of sp³-hybridized carbons (Fsp3) is 0.467. The molecule has 0 radical (unpaired) electrons. The molecule has 3 rings (SSSR count). The highest BCUT2D eigenvalue weighted by atomic mass is 19.1. The first kappa shape index (κ1) is 15.4. The number of halogens is 1. The van der Waals surface area contributed by atoms with Gasteiger partial charge in [-0.3, -0.25) is 4.79 Å². The number of hydrogen-bond acceptors (Lipinski definition) is 4. The topological polar surface area (TPSA) is 88.9 Å². The number of nitrogens with zero attached hydrogens (tertiary/aromatic N) is 3. The van der Waals surface area contributed by atoms with E-state index < -0.39 is 11.4 Å². The molecule has 1 heterocycles. The Bertz CT molecular complexity index is 770. The maximum atomic E-state index is 13.2. The van der Waals surface area contributed by atoms with Crippen LogP contribution in [0.2, 0.25) is 0 Å².